The van der Waals surface area contributed by atoms with Crippen LogP contribution in [0.5, 0.6) is 6.01 Å². The molecule has 1 aromatic carbocycles. The van der Waals surface area contributed by atoms with Crippen molar-refractivity contribution in [2.45, 2.75) is 6.42 Å². The lowest BCUT2D eigenvalue weighted by Crippen LogP contribution is -2.13. The van der Waals surface area contributed by atoms with E-state index in [0.717, 1.165) is 0 Å². The Bertz CT molecular complexity index is 707. The van der Waals surface area contributed by atoms with E-state index in [1.807, 2.05) is 0 Å². The molecule has 2 rings (SSSR count). The summed E-state index contributed by atoms with van der Waals surface area (Å²) in [6.45, 7) is -0.0537. The standard InChI is InChI=1S/C14H12Cl3N3O3/c1-20(10-5-8(15)4-9(16)6-10)12-7-11(17)18-14(19-12)23-3-2-13(21)22/h4-7H,2-3H2,1H3,(H,21,22). The van der Waals surface area contributed by atoms with Gasteiger partial charge in [-0.15, -0.1) is 0 Å². The van der Waals surface area contributed by atoms with Gasteiger partial charge in [0.05, 0.1) is 6.42 Å². The number of benzene rings is 1. The second-order valence-corrected chi connectivity index (χ2v) is 5.77. The lowest BCUT2D eigenvalue weighted by atomic mass is 10.3. The molecule has 6 nitrogen and oxygen atoms in total. The number of rotatable bonds is 6. The smallest absolute Gasteiger partial charge is 0.319 e. The highest BCUT2D eigenvalue weighted by Gasteiger charge is 2.12. The Morgan fingerprint density at radius 3 is 2.43 bits per heavy atom. The van der Waals surface area contributed by atoms with Gasteiger partial charge in [0.15, 0.2) is 0 Å². The number of carboxylic acids is 1. The Labute approximate surface area is 147 Å². The van der Waals surface area contributed by atoms with Gasteiger partial charge in [-0.2, -0.15) is 9.97 Å². The lowest BCUT2D eigenvalue weighted by Gasteiger charge is -2.19. The zero-order chi connectivity index (χ0) is 17.0. The van der Waals surface area contributed by atoms with Crippen LogP contribution in [0.2, 0.25) is 15.2 Å². The van der Waals surface area contributed by atoms with Gasteiger partial charge >= 0.3 is 12.0 Å². The summed E-state index contributed by atoms with van der Waals surface area (Å²) in [4.78, 5) is 20.3. The van der Waals surface area contributed by atoms with Crippen LogP contribution in [0.3, 0.4) is 0 Å². The van der Waals surface area contributed by atoms with E-state index in [-0.39, 0.29) is 24.2 Å². The van der Waals surface area contributed by atoms with Gasteiger partial charge in [0.2, 0.25) is 0 Å². The van der Waals surface area contributed by atoms with Crippen molar-refractivity contribution in [2.75, 3.05) is 18.6 Å². The largest absolute Gasteiger partial charge is 0.481 e. The molecule has 122 valence electrons. The number of carboxylic acid groups (broad SMARTS) is 1. The Morgan fingerprint density at radius 2 is 1.83 bits per heavy atom. The van der Waals surface area contributed by atoms with Gasteiger partial charge in [0.1, 0.15) is 17.6 Å². The van der Waals surface area contributed by atoms with Gasteiger partial charge in [-0.3, -0.25) is 4.79 Å². The first-order valence-corrected chi connectivity index (χ1v) is 7.57. The van der Waals surface area contributed by atoms with E-state index < -0.39 is 5.97 Å². The minimum atomic E-state index is -0.974. The van der Waals surface area contributed by atoms with Crippen LogP contribution in [-0.4, -0.2) is 34.7 Å². The molecule has 0 aliphatic carbocycles. The summed E-state index contributed by atoms with van der Waals surface area (Å²) in [6.07, 6.45) is -0.162. The molecule has 9 heteroatoms. The third-order valence-electron chi connectivity index (χ3n) is 2.79. The molecule has 1 aromatic heterocycles. The van der Waals surface area contributed by atoms with Crippen molar-refractivity contribution in [3.63, 3.8) is 0 Å². The van der Waals surface area contributed by atoms with Gasteiger partial charge in [-0.05, 0) is 18.2 Å². The van der Waals surface area contributed by atoms with Crippen molar-refractivity contribution in [1.29, 1.82) is 0 Å². The number of hydrogen-bond donors (Lipinski definition) is 1. The Balaban J connectivity index is 2.24. The van der Waals surface area contributed by atoms with Crippen LogP contribution >= 0.6 is 34.8 Å². The van der Waals surface area contributed by atoms with Gasteiger partial charge in [0.25, 0.3) is 0 Å². The predicted molar refractivity (Wildman–Crippen MR) is 89.3 cm³/mol. The number of aromatic nitrogens is 2. The number of hydrogen-bond acceptors (Lipinski definition) is 5. The lowest BCUT2D eigenvalue weighted by molar-refractivity contribution is -0.137. The van der Waals surface area contributed by atoms with E-state index >= 15 is 0 Å². The van der Waals surface area contributed by atoms with Crippen LogP contribution in [-0.2, 0) is 4.79 Å². The van der Waals surface area contributed by atoms with E-state index in [0.29, 0.717) is 21.6 Å². The summed E-state index contributed by atoms with van der Waals surface area (Å²) in [5.74, 6) is -0.522. The van der Waals surface area contributed by atoms with Crippen LogP contribution < -0.4 is 9.64 Å². The number of carbonyl (C=O) groups is 1. The van der Waals surface area contributed by atoms with E-state index in [9.17, 15) is 4.79 Å². The molecule has 0 fully saturated rings. The van der Waals surface area contributed by atoms with E-state index in [2.05, 4.69) is 9.97 Å². The number of anilines is 2. The molecule has 0 unspecified atom stereocenters. The molecule has 0 radical (unpaired) electrons. The molecular formula is C14H12Cl3N3O3. The quantitative estimate of drug-likeness (QED) is 0.766. The van der Waals surface area contributed by atoms with E-state index in [4.69, 9.17) is 44.6 Å². The maximum absolute atomic E-state index is 10.5. The molecule has 0 bridgehead atoms. The molecule has 0 atom stereocenters. The molecule has 0 amide bonds. The van der Waals surface area contributed by atoms with Crippen molar-refractivity contribution in [3.05, 3.63) is 39.5 Å². The second-order valence-electron chi connectivity index (χ2n) is 4.51. The fourth-order valence-corrected chi connectivity index (χ4v) is 2.40. The minimum Gasteiger partial charge on any atom is -0.481 e. The number of ether oxygens (including phenoxy) is 1. The Kier molecular flexibility index (Phi) is 5.87. The first-order valence-electron chi connectivity index (χ1n) is 6.44. The average Bonchev–Trinajstić information content (AvgIpc) is 2.44. The summed E-state index contributed by atoms with van der Waals surface area (Å²) < 4.78 is 5.21. The Morgan fingerprint density at radius 1 is 1.17 bits per heavy atom. The topological polar surface area (TPSA) is 75.6 Å². The first-order chi connectivity index (χ1) is 10.8. The van der Waals surface area contributed by atoms with Crippen LogP contribution in [0.25, 0.3) is 0 Å². The molecule has 2 aromatic rings. The maximum Gasteiger partial charge on any atom is 0.319 e. The third kappa shape index (κ3) is 5.13. The molecule has 1 heterocycles. The number of halogens is 3. The molecule has 0 aliphatic heterocycles. The molecule has 0 saturated heterocycles. The Hall–Kier alpha value is -1.76. The van der Waals surface area contributed by atoms with Crippen molar-refractivity contribution >= 4 is 52.3 Å². The maximum atomic E-state index is 10.5. The van der Waals surface area contributed by atoms with Crippen molar-refractivity contribution in [2.24, 2.45) is 0 Å². The highest BCUT2D eigenvalue weighted by Crippen LogP contribution is 2.30. The third-order valence-corrected chi connectivity index (χ3v) is 3.42. The van der Waals surface area contributed by atoms with Crippen LogP contribution in [0.1, 0.15) is 6.42 Å². The molecule has 23 heavy (non-hydrogen) atoms. The van der Waals surface area contributed by atoms with Crippen LogP contribution in [0.15, 0.2) is 24.3 Å². The first kappa shape index (κ1) is 17.6. The van der Waals surface area contributed by atoms with Crippen LogP contribution in [0, 0.1) is 0 Å². The van der Waals surface area contributed by atoms with Gasteiger partial charge in [0, 0.05) is 28.8 Å². The van der Waals surface area contributed by atoms with Gasteiger partial charge in [-0.1, -0.05) is 34.8 Å². The summed E-state index contributed by atoms with van der Waals surface area (Å²) >= 11 is 17.9. The predicted octanol–water partition coefficient (Wildman–Crippen LogP) is 4.06. The second kappa shape index (κ2) is 7.68. The van der Waals surface area contributed by atoms with Crippen molar-refractivity contribution in [3.8, 4) is 6.01 Å². The SMILES string of the molecule is CN(c1cc(Cl)cc(Cl)c1)c1cc(Cl)nc(OCCC(=O)O)n1. The van der Waals surface area contributed by atoms with E-state index in [1.165, 1.54) is 0 Å². The monoisotopic (exact) mass is 375 g/mol. The van der Waals surface area contributed by atoms with Gasteiger partial charge in [-0.25, -0.2) is 0 Å². The van der Waals surface area contributed by atoms with E-state index in [1.54, 1.807) is 36.2 Å². The number of aliphatic carboxylic acids is 1. The zero-order valence-electron chi connectivity index (χ0n) is 12.0. The molecule has 0 spiro atoms. The van der Waals surface area contributed by atoms with Crippen LogP contribution in [0.4, 0.5) is 11.5 Å². The summed E-state index contributed by atoms with van der Waals surface area (Å²) in [6, 6.07) is 6.59. The summed E-state index contributed by atoms with van der Waals surface area (Å²) in [5.41, 5.74) is 0.703. The summed E-state index contributed by atoms with van der Waals surface area (Å²) in [5, 5.41) is 9.74. The number of nitrogens with zero attached hydrogens (tertiary/aromatic N) is 3. The average molecular weight is 377 g/mol. The fraction of sp³-hybridized carbons (Fsp3) is 0.214. The minimum absolute atomic E-state index is 0.00581. The van der Waals surface area contributed by atoms with Gasteiger partial charge < -0.3 is 14.7 Å². The van der Waals surface area contributed by atoms with Crippen molar-refractivity contribution in [1.82, 2.24) is 9.97 Å². The summed E-state index contributed by atoms with van der Waals surface area (Å²) in [7, 11) is 1.75. The molecule has 0 saturated carbocycles. The molecule has 0 aliphatic rings. The highest BCUT2D eigenvalue weighted by atomic mass is 35.5. The highest BCUT2D eigenvalue weighted by molar-refractivity contribution is 6.35. The fourth-order valence-electron chi connectivity index (χ4n) is 1.72. The molecule has 1 N–H and O–H groups in total. The molecular weight excluding hydrogens is 365 g/mol. The zero-order valence-corrected chi connectivity index (χ0v) is 14.2. The normalized spacial score (nSPS) is 10.4. The van der Waals surface area contributed by atoms with Crippen molar-refractivity contribution < 1.29 is 14.6 Å².